The second-order valence-electron chi connectivity index (χ2n) is 8.58. The van der Waals surface area contributed by atoms with E-state index < -0.39 is 0 Å². The van der Waals surface area contributed by atoms with Gasteiger partial charge in [-0.25, -0.2) is 10.4 Å². The van der Waals surface area contributed by atoms with Crippen LogP contribution in [0.3, 0.4) is 0 Å². The molecule has 0 bridgehead atoms. The van der Waals surface area contributed by atoms with Crippen molar-refractivity contribution in [2.45, 2.75) is 44.2 Å². The molecule has 0 saturated carbocycles. The highest BCUT2D eigenvalue weighted by atomic mass is 35.5. The number of hydrogen-bond acceptors (Lipinski definition) is 6. The quantitative estimate of drug-likeness (QED) is 0.140. The third-order valence-corrected chi connectivity index (χ3v) is 8.54. The second kappa shape index (κ2) is 11.0. The molecule has 0 fully saturated rings. The van der Waals surface area contributed by atoms with E-state index in [1.165, 1.54) is 22.2 Å². The molecule has 2 heterocycles. The zero-order chi connectivity index (χ0) is 25.1. The number of thiophene rings is 1. The number of aromatic nitrogens is 2. The summed E-state index contributed by atoms with van der Waals surface area (Å²) in [5, 5.41) is 5.84. The number of carbonyl (C=O) groups is 1. The number of hydrogen-bond donors (Lipinski definition) is 1. The third-order valence-electron chi connectivity index (χ3n) is 6.17. The number of aryl methyl sites for hydroxylation is 3. The summed E-state index contributed by atoms with van der Waals surface area (Å²) in [6, 6.07) is 15.1. The SMILES string of the molecule is CCc1ccc(C=NNC(=O)CSc2nc3sc4c(c3c(=O)n2-c2ccc(Cl)cc2)CCCC4)cc1. The highest BCUT2D eigenvalue weighted by Gasteiger charge is 2.23. The van der Waals surface area contributed by atoms with Gasteiger partial charge in [-0.05, 0) is 73.1 Å². The molecule has 2 aromatic carbocycles. The molecule has 1 N–H and O–H groups in total. The highest BCUT2D eigenvalue weighted by Crippen LogP contribution is 2.35. The molecule has 0 spiro atoms. The fourth-order valence-electron chi connectivity index (χ4n) is 4.28. The van der Waals surface area contributed by atoms with Crippen LogP contribution in [-0.4, -0.2) is 27.4 Å². The van der Waals surface area contributed by atoms with Crippen LogP contribution in [0.5, 0.6) is 0 Å². The van der Waals surface area contributed by atoms with E-state index in [1.54, 1.807) is 46.4 Å². The van der Waals surface area contributed by atoms with E-state index in [-0.39, 0.29) is 17.2 Å². The van der Waals surface area contributed by atoms with E-state index in [4.69, 9.17) is 16.6 Å². The Balaban J connectivity index is 1.40. The van der Waals surface area contributed by atoms with Crippen LogP contribution in [0.2, 0.25) is 5.02 Å². The molecule has 0 radical (unpaired) electrons. The lowest BCUT2D eigenvalue weighted by Crippen LogP contribution is -2.24. The molecule has 6 nitrogen and oxygen atoms in total. The third kappa shape index (κ3) is 5.26. The van der Waals surface area contributed by atoms with Gasteiger partial charge in [0, 0.05) is 9.90 Å². The zero-order valence-electron chi connectivity index (χ0n) is 19.8. The largest absolute Gasteiger partial charge is 0.272 e. The summed E-state index contributed by atoms with van der Waals surface area (Å²) in [5.74, 6) is -0.202. The Morgan fingerprint density at radius 2 is 1.92 bits per heavy atom. The lowest BCUT2D eigenvalue weighted by atomic mass is 9.97. The van der Waals surface area contributed by atoms with Crippen LogP contribution in [0.1, 0.15) is 41.3 Å². The molecule has 1 amide bonds. The van der Waals surface area contributed by atoms with Gasteiger partial charge in [0.05, 0.1) is 23.0 Å². The molecular formula is C27H25ClN4O2S2. The molecule has 2 aromatic heterocycles. The first-order valence-electron chi connectivity index (χ1n) is 11.9. The monoisotopic (exact) mass is 536 g/mol. The minimum absolute atomic E-state index is 0.0722. The fourth-order valence-corrected chi connectivity index (χ4v) is 6.52. The van der Waals surface area contributed by atoms with Gasteiger partial charge in [-0.15, -0.1) is 11.3 Å². The van der Waals surface area contributed by atoms with Gasteiger partial charge in [0.25, 0.3) is 11.5 Å². The molecule has 9 heteroatoms. The summed E-state index contributed by atoms with van der Waals surface area (Å²) in [6.07, 6.45) is 6.70. The Labute approximate surface area is 222 Å². The number of hydrazone groups is 1. The maximum atomic E-state index is 13.7. The summed E-state index contributed by atoms with van der Waals surface area (Å²) in [5.41, 5.74) is 6.43. The normalized spacial score (nSPS) is 13.3. The number of rotatable bonds is 7. The molecule has 0 saturated heterocycles. The highest BCUT2D eigenvalue weighted by molar-refractivity contribution is 7.99. The van der Waals surface area contributed by atoms with E-state index in [0.717, 1.165) is 48.1 Å². The standard InChI is InChI=1S/C27H25ClN4O2S2/c1-2-17-7-9-18(10-8-17)15-29-31-23(33)16-35-27-30-25-24(21-5-3-4-6-22(21)36-25)26(34)32(27)20-13-11-19(28)12-14-20/h7-15H,2-6,16H2,1H3,(H,31,33). The number of nitrogens with one attached hydrogen (secondary N) is 1. The van der Waals surface area contributed by atoms with Crippen molar-refractivity contribution in [2.24, 2.45) is 5.10 Å². The first-order valence-corrected chi connectivity index (χ1v) is 14.1. The first kappa shape index (κ1) is 24.7. The average molecular weight is 537 g/mol. The predicted molar refractivity (Wildman–Crippen MR) is 149 cm³/mol. The number of fused-ring (bicyclic) bond motifs is 3. The van der Waals surface area contributed by atoms with Crippen molar-refractivity contribution >= 4 is 57.0 Å². The Morgan fingerprint density at radius 3 is 2.67 bits per heavy atom. The number of nitrogens with zero attached hydrogens (tertiary/aromatic N) is 3. The Morgan fingerprint density at radius 1 is 1.17 bits per heavy atom. The fraction of sp³-hybridized carbons (Fsp3) is 0.259. The zero-order valence-corrected chi connectivity index (χ0v) is 22.2. The Hall–Kier alpha value is -2.94. The minimum Gasteiger partial charge on any atom is -0.272 e. The summed E-state index contributed by atoms with van der Waals surface area (Å²) in [7, 11) is 0. The van der Waals surface area contributed by atoms with Crippen LogP contribution in [0, 0.1) is 0 Å². The lowest BCUT2D eigenvalue weighted by Gasteiger charge is -2.13. The molecule has 0 atom stereocenters. The van der Waals surface area contributed by atoms with Gasteiger partial charge in [-0.2, -0.15) is 5.10 Å². The number of carbonyl (C=O) groups excluding carboxylic acids is 1. The number of amides is 1. The van der Waals surface area contributed by atoms with Crippen LogP contribution >= 0.6 is 34.7 Å². The molecule has 0 unspecified atom stereocenters. The van der Waals surface area contributed by atoms with Crippen molar-refractivity contribution in [3.63, 3.8) is 0 Å². The van der Waals surface area contributed by atoms with Crippen LogP contribution in [0.15, 0.2) is 63.6 Å². The van der Waals surface area contributed by atoms with Gasteiger partial charge in [0.2, 0.25) is 0 Å². The predicted octanol–water partition coefficient (Wildman–Crippen LogP) is 5.78. The van der Waals surface area contributed by atoms with E-state index in [9.17, 15) is 9.59 Å². The maximum absolute atomic E-state index is 13.7. The van der Waals surface area contributed by atoms with Crippen molar-refractivity contribution < 1.29 is 4.79 Å². The summed E-state index contributed by atoms with van der Waals surface area (Å²) in [4.78, 5) is 33.1. The average Bonchev–Trinajstić information content (AvgIpc) is 3.27. The van der Waals surface area contributed by atoms with Gasteiger partial charge >= 0.3 is 0 Å². The minimum atomic E-state index is -0.274. The summed E-state index contributed by atoms with van der Waals surface area (Å²) < 4.78 is 1.59. The van der Waals surface area contributed by atoms with E-state index in [2.05, 4.69) is 17.5 Å². The molecule has 184 valence electrons. The van der Waals surface area contributed by atoms with E-state index in [1.807, 2.05) is 24.3 Å². The Kier molecular flexibility index (Phi) is 7.55. The smallest absolute Gasteiger partial charge is 0.267 e. The summed E-state index contributed by atoms with van der Waals surface area (Å²) >= 11 is 8.91. The molecule has 1 aliphatic rings. The van der Waals surface area contributed by atoms with Crippen LogP contribution in [-0.2, 0) is 24.1 Å². The first-order chi connectivity index (χ1) is 17.5. The molecule has 0 aliphatic heterocycles. The molecule has 5 rings (SSSR count). The van der Waals surface area contributed by atoms with Crippen molar-refractivity contribution in [1.82, 2.24) is 15.0 Å². The van der Waals surface area contributed by atoms with Crippen molar-refractivity contribution in [3.8, 4) is 5.69 Å². The van der Waals surface area contributed by atoms with Gasteiger partial charge < -0.3 is 0 Å². The van der Waals surface area contributed by atoms with Gasteiger partial charge in [-0.3, -0.25) is 14.2 Å². The molecule has 36 heavy (non-hydrogen) atoms. The summed E-state index contributed by atoms with van der Waals surface area (Å²) in [6.45, 7) is 2.10. The second-order valence-corrected chi connectivity index (χ2v) is 11.0. The topological polar surface area (TPSA) is 76.3 Å². The van der Waals surface area contributed by atoms with E-state index in [0.29, 0.717) is 21.3 Å². The van der Waals surface area contributed by atoms with Crippen molar-refractivity contribution in [3.05, 3.63) is 85.5 Å². The van der Waals surface area contributed by atoms with Crippen molar-refractivity contribution in [1.29, 1.82) is 0 Å². The number of halogens is 1. The van der Waals surface area contributed by atoms with Crippen LogP contribution in [0.25, 0.3) is 15.9 Å². The Bertz CT molecular complexity index is 1490. The van der Waals surface area contributed by atoms with Gasteiger partial charge in [0.15, 0.2) is 5.16 Å². The van der Waals surface area contributed by atoms with Crippen molar-refractivity contribution in [2.75, 3.05) is 5.75 Å². The maximum Gasteiger partial charge on any atom is 0.267 e. The lowest BCUT2D eigenvalue weighted by molar-refractivity contribution is -0.118. The number of benzene rings is 2. The van der Waals surface area contributed by atoms with Gasteiger partial charge in [-0.1, -0.05) is 54.6 Å². The van der Waals surface area contributed by atoms with Crippen LogP contribution in [0.4, 0.5) is 0 Å². The number of thioether (sulfide) groups is 1. The molecular weight excluding hydrogens is 512 g/mol. The molecule has 4 aromatic rings. The van der Waals surface area contributed by atoms with E-state index >= 15 is 0 Å². The van der Waals surface area contributed by atoms with Crippen LogP contribution < -0.4 is 11.0 Å². The van der Waals surface area contributed by atoms with Gasteiger partial charge in [0.1, 0.15) is 4.83 Å². The molecule has 1 aliphatic carbocycles.